The van der Waals surface area contributed by atoms with E-state index < -0.39 is 0 Å². The number of nitrogens with zero attached hydrogens (tertiary/aromatic N) is 2. The Kier molecular flexibility index (Phi) is 5.41. The van der Waals surface area contributed by atoms with E-state index in [1.807, 2.05) is 29.2 Å². The number of hydrogen-bond acceptors (Lipinski definition) is 4. The van der Waals surface area contributed by atoms with Gasteiger partial charge in [-0.3, -0.25) is 9.59 Å². The van der Waals surface area contributed by atoms with Crippen molar-refractivity contribution in [3.05, 3.63) is 54.1 Å². The third-order valence-electron chi connectivity index (χ3n) is 4.44. The normalized spacial score (nSPS) is 14.1. The molecule has 0 unspecified atom stereocenters. The molecule has 0 saturated carbocycles. The van der Waals surface area contributed by atoms with E-state index in [2.05, 4.69) is 10.2 Å². The summed E-state index contributed by atoms with van der Waals surface area (Å²) in [5, 5.41) is 2.80. The van der Waals surface area contributed by atoms with Crippen LogP contribution >= 0.6 is 0 Å². The first-order valence-electron chi connectivity index (χ1n) is 8.63. The highest BCUT2D eigenvalue weighted by atomic mass is 16.5. The Labute approximate surface area is 153 Å². The van der Waals surface area contributed by atoms with Crippen molar-refractivity contribution in [3.63, 3.8) is 0 Å². The molecule has 0 atom stereocenters. The maximum atomic E-state index is 12.6. The second-order valence-electron chi connectivity index (χ2n) is 6.24. The van der Waals surface area contributed by atoms with Gasteiger partial charge >= 0.3 is 0 Å². The highest BCUT2D eigenvalue weighted by molar-refractivity contribution is 5.94. The van der Waals surface area contributed by atoms with E-state index in [1.165, 1.54) is 6.92 Å². The summed E-state index contributed by atoms with van der Waals surface area (Å²) in [6.07, 6.45) is 0. The molecule has 0 aliphatic carbocycles. The molecule has 0 aromatic heterocycles. The predicted octanol–water partition coefficient (Wildman–Crippen LogP) is 2.62. The van der Waals surface area contributed by atoms with Gasteiger partial charge in [0.15, 0.2) is 0 Å². The van der Waals surface area contributed by atoms with Gasteiger partial charge in [-0.05, 0) is 42.5 Å². The number of rotatable bonds is 4. The van der Waals surface area contributed by atoms with Crippen LogP contribution in [0.1, 0.15) is 17.3 Å². The number of anilines is 2. The number of amides is 2. The SMILES string of the molecule is COc1ccc(C(=O)N2CCN(c3cccc(NC(C)=O)c3)CC2)cc1. The van der Waals surface area contributed by atoms with Gasteiger partial charge in [0.25, 0.3) is 5.91 Å². The van der Waals surface area contributed by atoms with Gasteiger partial charge in [0.1, 0.15) is 5.75 Å². The molecule has 6 heteroatoms. The van der Waals surface area contributed by atoms with Crippen LogP contribution in [0.5, 0.6) is 5.75 Å². The summed E-state index contributed by atoms with van der Waals surface area (Å²) in [7, 11) is 1.61. The molecular weight excluding hydrogens is 330 g/mol. The zero-order chi connectivity index (χ0) is 18.5. The molecule has 2 amide bonds. The Morgan fingerprint density at radius 2 is 1.69 bits per heavy atom. The summed E-state index contributed by atoms with van der Waals surface area (Å²) in [5.74, 6) is 0.696. The molecular formula is C20H23N3O3. The first-order chi connectivity index (χ1) is 12.6. The number of carbonyl (C=O) groups excluding carboxylic acids is 2. The number of ether oxygens (including phenoxy) is 1. The van der Waals surface area contributed by atoms with Crippen LogP contribution in [-0.2, 0) is 4.79 Å². The fraction of sp³-hybridized carbons (Fsp3) is 0.300. The van der Waals surface area contributed by atoms with Crippen LogP contribution in [-0.4, -0.2) is 50.0 Å². The van der Waals surface area contributed by atoms with Crippen molar-refractivity contribution in [1.82, 2.24) is 4.90 Å². The van der Waals surface area contributed by atoms with E-state index >= 15 is 0 Å². The van der Waals surface area contributed by atoms with Gasteiger partial charge in [-0.15, -0.1) is 0 Å². The standard InChI is InChI=1S/C20H23N3O3/c1-15(24)21-17-4-3-5-18(14-17)22-10-12-23(13-11-22)20(25)16-6-8-19(26-2)9-7-16/h3-9,14H,10-13H2,1-2H3,(H,21,24). The second kappa shape index (κ2) is 7.91. The lowest BCUT2D eigenvalue weighted by Gasteiger charge is -2.36. The molecule has 1 aliphatic rings. The van der Waals surface area contributed by atoms with Crippen LogP contribution in [0.3, 0.4) is 0 Å². The average molecular weight is 353 g/mol. The fourth-order valence-electron chi connectivity index (χ4n) is 3.07. The molecule has 136 valence electrons. The molecule has 3 rings (SSSR count). The van der Waals surface area contributed by atoms with Crippen molar-refractivity contribution in [2.45, 2.75) is 6.92 Å². The van der Waals surface area contributed by atoms with Gasteiger partial charge in [-0.1, -0.05) is 6.07 Å². The monoisotopic (exact) mass is 353 g/mol. The van der Waals surface area contributed by atoms with E-state index in [0.29, 0.717) is 18.7 Å². The average Bonchev–Trinajstić information content (AvgIpc) is 2.67. The third kappa shape index (κ3) is 4.14. The Balaban J connectivity index is 1.61. The van der Waals surface area contributed by atoms with Crippen LogP contribution in [0.4, 0.5) is 11.4 Å². The predicted molar refractivity (Wildman–Crippen MR) is 102 cm³/mol. The lowest BCUT2D eigenvalue weighted by atomic mass is 10.1. The van der Waals surface area contributed by atoms with Gasteiger partial charge in [-0.2, -0.15) is 0 Å². The smallest absolute Gasteiger partial charge is 0.253 e. The van der Waals surface area contributed by atoms with Crippen LogP contribution in [0.2, 0.25) is 0 Å². The van der Waals surface area contributed by atoms with Gasteiger partial charge in [0.05, 0.1) is 7.11 Å². The summed E-state index contributed by atoms with van der Waals surface area (Å²) in [6.45, 7) is 4.33. The minimum absolute atomic E-state index is 0.0410. The summed E-state index contributed by atoms with van der Waals surface area (Å²) in [4.78, 5) is 28.0. The van der Waals surface area contributed by atoms with Crippen LogP contribution in [0, 0.1) is 0 Å². The van der Waals surface area contributed by atoms with E-state index in [4.69, 9.17) is 4.74 Å². The van der Waals surface area contributed by atoms with Crippen molar-refractivity contribution < 1.29 is 14.3 Å². The summed E-state index contributed by atoms with van der Waals surface area (Å²) >= 11 is 0. The largest absolute Gasteiger partial charge is 0.497 e. The molecule has 6 nitrogen and oxygen atoms in total. The molecule has 1 saturated heterocycles. The van der Waals surface area contributed by atoms with E-state index in [1.54, 1.807) is 31.4 Å². The molecule has 0 bridgehead atoms. The topological polar surface area (TPSA) is 61.9 Å². The Morgan fingerprint density at radius 3 is 2.31 bits per heavy atom. The van der Waals surface area contributed by atoms with Gasteiger partial charge in [0.2, 0.25) is 5.91 Å². The van der Waals surface area contributed by atoms with Crippen molar-refractivity contribution in [1.29, 1.82) is 0 Å². The summed E-state index contributed by atoms with van der Waals surface area (Å²) in [5.41, 5.74) is 2.51. The molecule has 26 heavy (non-hydrogen) atoms. The van der Waals surface area contributed by atoms with E-state index in [-0.39, 0.29) is 11.8 Å². The molecule has 1 fully saturated rings. The van der Waals surface area contributed by atoms with E-state index in [0.717, 1.165) is 30.2 Å². The zero-order valence-corrected chi connectivity index (χ0v) is 15.1. The minimum atomic E-state index is -0.0861. The van der Waals surface area contributed by atoms with Crippen molar-refractivity contribution >= 4 is 23.2 Å². The number of nitrogens with one attached hydrogen (secondary N) is 1. The first kappa shape index (κ1) is 17.8. The molecule has 0 spiro atoms. The number of methoxy groups -OCH3 is 1. The lowest BCUT2D eigenvalue weighted by molar-refractivity contribution is -0.114. The molecule has 1 heterocycles. The number of benzene rings is 2. The van der Waals surface area contributed by atoms with Crippen molar-refractivity contribution in [3.8, 4) is 5.75 Å². The highest BCUT2D eigenvalue weighted by Gasteiger charge is 2.22. The summed E-state index contributed by atoms with van der Waals surface area (Å²) < 4.78 is 5.13. The Bertz CT molecular complexity index is 781. The fourth-order valence-corrected chi connectivity index (χ4v) is 3.07. The number of piperazine rings is 1. The molecule has 2 aromatic carbocycles. The zero-order valence-electron chi connectivity index (χ0n) is 15.1. The third-order valence-corrected chi connectivity index (χ3v) is 4.44. The highest BCUT2D eigenvalue weighted by Crippen LogP contribution is 2.22. The van der Waals surface area contributed by atoms with Gasteiger partial charge in [0, 0.05) is 50.0 Å². The molecule has 2 aromatic rings. The minimum Gasteiger partial charge on any atom is -0.497 e. The van der Waals surface area contributed by atoms with Gasteiger partial charge in [-0.25, -0.2) is 0 Å². The molecule has 0 radical (unpaired) electrons. The van der Waals surface area contributed by atoms with Crippen LogP contribution < -0.4 is 15.0 Å². The maximum Gasteiger partial charge on any atom is 0.253 e. The van der Waals surface area contributed by atoms with Crippen LogP contribution in [0.25, 0.3) is 0 Å². The van der Waals surface area contributed by atoms with Crippen LogP contribution in [0.15, 0.2) is 48.5 Å². The molecule has 1 N–H and O–H groups in total. The second-order valence-corrected chi connectivity index (χ2v) is 6.24. The Hall–Kier alpha value is -3.02. The number of carbonyl (C=O) groups is 2. The maximum absolute atomic E-state index is 12.6. The first-order valence-corrected chi connectivity index (χ1v) is 8.63. The number of hydrogen-bond donors (Lipinski definition) is 1. The molecule has 1 aliphatic heterocycles. The van der Waals surface area contributed by atoms with Crippen molar-refractivity contribution in [2.75, 3.05) is 43.5 Å². The Morgan fingerprint density at radius 1 is 1.00 bits per heavy atom. The lowest BCUT2D eigenvalue weighted by Crippen LogP contribution is -2.48. The summed E-state index contributed by atoms with van der Waals surface area (Å²) in [6, 6.07) is 15.0. The van der Waals surface area contributed by atoms with Gasteiger partial charge < -0.3 is 19.9 Å². The van der Waals surface area contributed by atoms with E-state index in [9.17, 15) is 9.59 Å². The quantitative estimate of drug-likeness (QED) is 0.918. The van der Waals surface area contributed by atoms with Crippen molar-refractivity contribution in [2.24, 2.45) is 0 Å².